The summed E-state index contributed by atoms with van der Waals surface area (Å²) >= 11 is 0. The van der Waals surface area contributed by atoms with Gasteiger partial charge in [0.05, 0.1) is 29.1 Å². The van der Waals surface area contributed by atoms with Gasteiger partial charge in [-0.3, -0.25) is 19.7 Å². The molecule has 0 spiro atoms. The van der Waals surface area contributed by atoms with E-state index in [-0.39, 0.29) is 53.8 Å². The second-order valence-electron chi connectivity index (χ2n) is 10.8. The highest BCUT2D eigenvalue weighted by Crippen LogP contribution is 2.49. The number of ether oxygens (including phenoxy) is 3. The summed E-state index contributed by atoms with van der Waals surface area (Å²) in [6.07, 6.45) is 0.372. The van der Waals surface area contributed by atoms with E-state index in [2.05, 4.69) is 15.5 Å². The average Bonchev–Trinajstić information content (AvgIpc) is 3.54. The summed E-state index contributed by atoms with van der Waals surface area (Å²) in [7, 11) is 0. The van der Waals surface area contributed by atoms with Gasteiger partial charge in [-0.1, -0.05) is 27.7 Å². The highest BCUT2D eigenvalue weighted by Gasteiger charge is 2.60. The minimum atomic E-state index is -1.15. The molecule has 4 atom stereocenters. The highest BCUT2D eigenvalue weighted by molar-refractivity contribution is 6.06. The van der Waals surface area contributed by atoms with E-state index in [0.717, 1.165) is 24.3 Å². The number of ketones is 1. The van der Waals surface area contributed by atoms with E-state index < -0.39 is 59.3 Å². The Balaban J connectivity index is 1.52. The number of hydrogen-bond acceptors (Lipinski definition) is 13. The van der Waals surface area contributed by atoms with Crippen LogP contribution < -0.4 is 0 Å². The molecule has 2 aromatic rings. The second-order valence-corrected chi connectivity index (χ2v) is 10.8. The first-order valence-corrected chi connectivity index (χ1v) is 13.5. The maximum absolute atomic E-state index is 13.4. The number of nitrogens with zero attached hydrogens (tertiary/aromatic N) is 6. The lowest BCUT2D eigenvalue weighted by Gasteiger charge is -2.48. The molecule has 0 aliphatic carbocycles. The predicted octanol–water partition coefficient (Wildman–Crippen LogP) is 2.10. The second kappa shape index (κ2) is 12.9. The summed E-state index contributed by atoms with van der Waals surface area (Å²) in [5.41, 5.74) is -0.377. The van der Waals surface area contributed by atoms with Gasteiger partial charge in [0.1, 0.15) is 25.2 Å². The summed E-state index contributed by atoms with van der Waals surface area (Å²) in [6.45, 7) is 6.81. The fourth-order valence-corrected chi connectivity index (χ4v) is 5.22. The molecule has 1 saturated heterocycles. The fourth-order valence-electron chi connectivity index (χ4n) is 5.22. The topological polar surface area (TPSA) is 203 Å². The van der Waals surface area contributed by atoms with Crippen LogP contribution in [0, 0.1) is 33.8 Å². The van der Waals surface area contributed by atoms with Crippen molar-refractivity contribution in [2.24, 2.45) is 23.7 Å². The average molecular weight is 599 g/mol. The molecule has 0 bridgehead atoms. The number of hydrogen-bond donors (Lipinski definition) is 0. The van der Waals surface area contributed by atoms with Crippen LogP contribution >= 0.6 is 0 Å². The Hall–Kier alpha value is -5.02. The maximum Gasteiger partial charge on any atom is 0.508 e. The molecule has 0 unspecified atom stereocenters. The largest absolute Gasteiger partial charge is 0.508 e. The first kappa shape index (κ1) is 30.9. The standard InChI is InChI=1S/C27H30N6O10/c1-14(2)11-41-27(38)42-12-20-16(4)22-21(15(3)9-19(34)10-31-13-28-29-30-31)24(35)32(22)23(20)26(37)43-25(36)17-5-7-18(8-6-17)33(39)40/h5-8,13-16,21-22H,9-12H2,1-4H3/t15-,16-,21+,22+/m0/s1. The number of benzene rings is 1. The van der Waals surface area contributed by atoms with Gasteiger partial charge in [0.2, 0.25) is 5.91 Å². The Morgan fingerprint density at radius 3 is 2.37 bits per heavy atom. The minimum absolute atomic E-state index is 0.0408. The third-order valence-electron chi connectivity index (χ3n) is 7.26. The minimum Gasteiger partial charge on any atom is -0.434 e. The monoisotopic (exact) mass is 598 g/mol. The number of amides is 1. The number of carbonyl (C=O) groups is 5. The molecule has 0 radical (unpaired) electrons. The zero-order chi connectivity index (χ0) is 31.4. The quantitative estimate of drug-likeness (QED) is 0.113. The van der Waals surface area contributed by atoms with Crippen molar-refractivity contribution in [3.8, 4) is 0 Å². The molecule has 43 heavy (non-hydrogen) atoms. The van der Waals surface area contributed by atoms with Crippen molar-refractivity contribution >= 4 is 35.5 Å². The number of esters is 2. The molecule has 1 aromatic heterocycles. The number of fused-ring (bicyclic) bond motifs is 1. The molecule has 2 aliphatic rings. The van der Waals surface area contributed by atoms with Crippen molar-refractivity contribution in [1.82, 2.24) is 25.1 Å². The molecule has 16 heteroatoms. The van der Waals surface area contributed by atoms with Crippen LogP contribution in [-0.4, -0.2) is 79.1 Å². The number of nitro groups is 1. The van der Waals surface area contributed by atoms with Gasteiger partial charge in [-0.25, -0.2) is 19.1 Å². The van der Waals surface area contributed by atoms with E-state index in [1.54, 1.807) is 13.8 Å². The van der Waals surface area contributed by atoms with Crippen LogP contribution in [0.25, 0.3) is 0 Å². The van der Waals surface area contributed by atoms with Gasteiger partial charge in [0.25, 0.3) is 5.69 Å². The van der Waals surface area contributed by atoms with E-state index in [9.17, 15) is 34.1 Å². The SMILES string of the molecule is CC(C)COC(=O)OCC1=C(C(=O)OC(=O)c2ccc([N+](=O)[O-])cc2)N2C(=O)[C@H]([C@@H](C)CC(=O)Cn3cnnn3)[C@H]2[C@H]1C. The van der Waals surface area contributed by atoms with Crippen LogP contribution in [0.4, 0.5) is 10.5 Å². The Morgan fingerprint density at radius 1 is 1.07 bits per heavy atom. The summed E-state index contributed by atoms with van der Waals surface area (Å²) in [4.78, 5) is 75.7. The molecule has 0 saturated carbocycles. The van der Waals surface area contributed by atoms with Crippen LogP contribution in [-0.2, 0) is 35.1 Å². The third kappa shape index (κ3) is 6.73. The van der Waals surface area contributed by atoms with Crippen molar-refractivity contribution in [3.05, 3.63) is 57.5 Å². The predicted molar refractivity (Wildman–Crippen MR) is 143 cm³/mol. The van der Waals surface area contributed by atoms with Crippen molar-refractivity contribution in [2.45, 2.75) is 46.7 Å². The van der Waals surface area contributed by atoms with Crippen LogP contribution in [0.1, 0.15) is 44.5 Å². The fraction of sp³-hybridized carbons (Fsp3) is 0.481. The van der Waals surface area contributed by atoms with Crippen LogP contribution in [0.3, 0.4) is 0 Å². The third-order valence-corrected chi connectivity index (χ3v) is 7.26. The first-order chi connectivity index (χ1) is 20.4. The Kier molecular flexibility index (Phi) is 9.26. The van der Waals surface area contributed by atoms with Gasteiger partial charge in [-0.15, -0.1) is 5.10 Å². The van der Waals surface area contributed by atoms with Crippen LogP contribution in [0.2, 0.25) is 0 Å². The number of aromatic nitrogens is 4. The molecular weight excluding hydrogens is 568 g/mol. The molecule has 1 amide bonds. The molecule has 3 heterocycles. The van der Waals surface area contributed by atoms with E-state index in [1.165, 1.54) is 15.9 Å². The number of nitro benzene ring substituents is 1. The van der Waals surface area contributed by atoms with E-state index in [0.29, 0.717) is 0 Å². The number of tetrazole rings is 1. The number of rotatable bonds is 12. The maximum atomic E-state index is 13.4. The molecule has 0 N–H and O–H groups in total. The zero-order valence-electron chi connectivity index (χ0n) is 23.9. The Bertz CT molecular complexity index is 1450. The lowest BCUT2D eigenvalue weighted by Crippen LogP contribution is -2.62. The van der Waals surface area contributed by atoms with E-state index >= 15 is 0 Å². The van der Waals surface area contributed by atoms with Crippen molar-refractivity contribution < 1.29 is 43.1 Å². The number of β-lactam (4-membered cyclic amide) rings is 1. The van der Waals surface area contributed by atoms with Gasteiger partial charge in [-0.05, 0) is 34.4 Å². The van der Waals surface area contributed by atoms with E-state index in [4.69, 9.17) is 14.2 Å². The summed E-state index contributed by atoms with van der Waals surface area (Å²) in [5, 5.41) is 21.6. The van der Waals surface area contributed by atoms with Gasteiger partial charge in [0.15, 0.2) is 5.78 Å². The molecule has 16 nitrogen and oxygen atoms in total. The summed E-state index contributed by atoms with van der Waals surface area (Å²) in [6, 6.07) is 3.88. The van der Waals surface area contributed by atoms with Gasteiger partial charge in [-0.2, -0.15) is 0 Å². The number of Topliss-reactive ketones (excluding diaryl/α,β-unsaturated/α-hetero) is 1. The number of non-ortho nitro benzene ring substituents is 1. The molecule has 2 aliphatic heterocycles. The molecule has 228 valence electrons. The molecule has 1 fully saturated rings. The number of carbonyl (C=O) groups excluding carboxylic acids is 5. The van der Waals surface area contributed by atoms with Gasteiger partial charge in [0, 0.05) is 30.0 Å². The summed E-state index contributed by atoms with van der Waals surface area (Å²) < 4.78 is 16.6. The van der Waals surface area contributed by atoms with Crippen LogP contribution in [0.5, 0.6) is 0 Å². The molecular formula is C27H30N6O10. The lowest BCUT2D eigenvalue weighted by atomic mass is 9.72. The smallest absolute Gasteiger partial charge is 0.434 e. The Labute approximate surface area is 245 Å². The van der Waals surface area contributed by atoms with E-state index in [1.807, 2.05) is 13.8 Å². The van der Waals surface area contributed by atoms with Gasteiger partial charge < -0.3 is 19.1 Å². The molecule has 1 aromatic carbocycles. The first-order valence-electron chi connectivity index (χ1n) is 13.5. The van der Waals surface area contributed by atoms with Crippen molar-refractivity contribution in [1.29, 1.82) is 0 Å². The van der Waals surface area contributed by atoms with Crippen molar-refractivity contribution in [2.75, 3.05) is 13.2 Å². The van der Waals surface area contributed by atoms with Crippen molar-refractivity contribution in [3.63, 3.8) is 0 Å². The normalized spacial score (nSPS) is 19.9. The zero-order valence-corrected chi connectivity index (χ0v) is 23.9. The summed E-state index contributed by atoms with van der Waals surface area (Å²) in [5.74, 6) is -4.41. The van der Waals surface area contributed by atoms with Gasteiger partial charge >= 0.3 is 18.1 Å². The Morgan fingerprint density at radius 2 is 1.77 bits per heavy atom. The van der Waals surface area contributed by atoms with Crippen LogP contribution in [0.15, 0.2) is 41.9 Å². The lowest BCUT2D eigenvalue weighted by molar-refractivity contribution is -0.384. The highest BCUT2D eigenvalue weighted by atomic mass is 16.7. The molecule has 4 rings (SSSR count).